The molecule has 5 nitrogen and oxygen atoms in total. The highest BCUT2D eigenvalue weighted by atomic mass is 19.1. The summed E-state index contributed by atoms with van der Waals surface area (Å²) in [5.41, 5.74) is 2.77. The number of benzene rings is 2. The molecule has 2 aromatic carbocycles. The average Bonchev–Trinajstić information content (AvgIpc) is 3.34. The molecule has 29 heavy (non-hydrogen) atoms. The second-order valence-corrected chi connectivity index (χ2v) is 7.04. The van der Waals surface area contributed by atoms with Crippen molar-refractivity contribution in [3.63, 3.8) is 0 Å². The number of hydrogen-bond acceptors (Lipinski definition) is 3. The van der Waals surface area contributed by atoms with Crippen LogP contribution in [0.25, 0.3) is 11.0 Å². The van der Waals surface area contributed by atoms with E-state index in [9.17, 15) is 13.6 Å². The van der Waals surface area contributed by atoms with Crippen LogP contribution >= 0.6 is 0 Å². The van der Waals surface area contributed by atoms with Gasteiger partial charge in [0.2, 0.25) is 0 Å². The maximum atomic E-state index is 13.6. The number of aromatic nitrogens is 2. The molecule has 1 atom stereocenters. The molecule has 0 spiro atoms. The summed E-state index contributed by atoms with van der Waals surface area (Å²) >= 11 is 0. The number of rotatable bonds is 6. The van der Waals surface area contributed by atoms with Crippen LogP contribution in [0, 0.1) is 11.6 Å². The van der Waals surface area contributed by atoms with Crippen molar-refractivity contribution in [3.8, 4) is 0 Å². The first kappa shape index (κ1) is 19.0. The van der Waals surface area contributed by atoms with Gasteiger partial charge < -0.3 is 4.57 Å². The van der Waals surface area contributed by atoms with E-state index in [0.29, 0.717) is 36.9 Å². The SMILES string of the molecule is C=C(CCCn1cnc2ccccc21)C(=O)N1N=CCC1c1cc(F)cc(F)c1. The molecular formula is C22H20F2N4O. The molecule has 1 aliphatic heterocycles. The Hall–Kier alpha value is -3.35. The molecule has 148 valence electrons. The van der Waals surface area contributed by atoms with E-state index in [1.807, 2.05) is 28.8 Å². The minimum atomic E-state index is -0.675. The lowest BCUT2D eigenvalue weighted by molar-refractivity contribution is -0.129. The van der Waals surface area contributed by atoms with Gasteiger partial charge in [0, 0.05) is 30.8 Å². The van der Waals surface area contributed by atoms with E-state index >= 15 is 0 Å². The molecule has 1 unspecified atom stereocenters. The van der Waals surface area contributed by atoms with Crippen molar-refractivity contribution in [1.82, 2.24) is 14.6 Å². The van der Waals surface area contributed by atoms with Crippen LogP contribution in [0.5, 0.6) is 0 Å². The van der Waals surface area contributed by atoms with Crippen LogP contribution in [-0.4, -0.2) is 26.7 Å². The Balaban J connectivity index is 1.39. The second kappa shape index (κ2) is 7.95. The summed E-state index contributed by atoms with van der Waals surface area (Å²) in [5.74, 6) is -1.68. The van der Waals surface area contributed by atoms with E-state index in [0.717, 1.165) is 17.1 Å². The van der Waals surface area contributed by atoms with Gasteiger partial charge in [-0.3, -0.25) is 4.79 Å². The number of nitrogens with zero attached hydrogens (tertiary/aromatic N) is 4. The number of fused-ring (bicyclic) bond motifs is 1. The van der Waals surface area contributed by atoms with Gasteiger partial charge in [-0.2, -0.15) is 5.10 Å². The highest BCUT2D eigenvalue weighted by Gasteiger charge is 2.30. The zero-order valence-electron chi connectivity index (χ0n) is 15.8. The van der Waals surface area contributed by atoms with Gasteiger partial charge in [0.25, 0.3) is 5.91 Å². The summed E-state index contributed by atoms with van der Waals surface area (Å²) in [5, 5.41) is 5.38. The molecule has 2 heterocycles. The molecule has 0 bridgehead atoms. The molecule has 1 aliphatic rings. The zero-order valence-corrected chi connectivity index (χ0v) is 15.8. The Morgan fingerprint density at radius 1 is 1.17 bits per heavy atom. The van der Waals surface area contributed by atoms with Crippen molar-refractivity contribution in [1.29, 1.82) is 0 Å². The van der Waals surface area contributed by atoms with Crippen LogP contribution in [0.3, 0.4) is 0 Å². The number of hydrogen-bond donors (Lipinski definition) is 0. The van der Waals surface area contributed by atoms with Crippen molar-refractivity contribution in [3.05, 3.63) is 78.1 Å². The Kier molecular flexibility index (Phi) is 5.20. The molecule has 0 radical (unpaired) electrons. The molecule has 3 aromatic rings. The third-order valence-electron chi connectivity index (χ3n) is 5.02. The molecular weight excluding hydrogens is 374 g/mol. The fourth-order valence-corrected chi connectivity index (χ4v) is 3.57. The van der Waals surface area contributed by atoms with Crippen molar-refractivity contribution < 1.29 is 13.6 Å². The fraction of sp³-hybridized carbons (Fsp3) is 0.227. The highest BCUT2D eigenvalue weighted by Crippen LogP contribution is 2.30. The minimum absolute atomic E-state index is 0.330. The predicted molar refractivity (Wildman–Crippen MR) is 107 cm³/mol. The van der Waals surface area contributed by atoms with Crippen molar-refractivity contribution in [2.24, 2.45) is 5.10 Å². The number of imidazole rings is 1. The van der Waals surface area contributed by atoms with Crippen LogP contribution in [0.1, 0.15) is 30.9 Å². The quantitative estimate of drug-likeness (QED) is 0.573. The van der Waals surface area contributed by atoms with Gasteiger partial charge >= 0.3 is 0 Å². The Morgan fingerprint density at radius 2 is 1.93 bits per heavy atom. The van der Waals surface area contributed by atoms with Gasteiger partial charge in [0.05, 0.1) is 23.4 Å². The first-order valence-electron chi connectivity index (χ1n) is 9.42. The summed E-state index contributed by atoms with van der Waals surface area (Å²) in [6.07, 6.45) is 4.97. The second-order valence-electron chi connectivity index (χ2n) is 7.04. The van der Waals surface area contributed by atoms with Crippen LogP contribution in [0.15, 0.2) is 66.0 Å². The number of carbonyl (C=O) groups excluding carboxylic acids is 1. The van der Waals surface area contributed by atoms with Gasteiger partial charge in [0.15, 0.2) is 0 Å². The van der Waals surface area contributed by atoms with E-state index in [1.165, 1.54) is 17.1 Å². The van der Waals surface area contributed by atoms with Crippen molar-refractivity contribution in [2.75, 3.05) is 0 Å². The van der Waals surface area contributed by atoms with Crippen molar-refractivity contribution >= 4 is 23.2 Å². The first-order valence-corrected chi connectivity index (χ1v) is 9.42. The van der Waals surface area contributed by atoms with E-state index in [1.54, 1.807) is 12.5 Å². The summed E-state index contributed by atoms with van der Waals surface area (Å²) in [4.78, 5) is 17.2. The van der Waals surface area contributed by atoms with E-state index in [2.05, 4.69) is 16.7 Å². The third-order valence-corrected chi connectivity index (χ3v) is 5.02. The Labute approximate surface area is 167 Å². The van der Waals surface area contributed by atoms with E-state index in [-0.39, 0.29) is 5.91 Å². The maximum absolute atomic E-state index is 13.6. The van der Waals surface area contributed by atoms with Crippen LogP contribution in [0.4, 0.5) is 8.78 Å². The minimum Gasteiger partial charge on any atom is -0.331 e. The standard InChI is InChI=1S/C22H20F2N4O/c1-15(5-4-10-27-14-25-19-6-2-3-7-21(19)27)22(29)28-20(8-9-26-28)16-11-17(23)13-18(24)12-16/h2-3,6-7,9,11-14,20H,1,4-5,8,10H2. The van der Waals surface area contributed by atoms with Crippen molar-refractivity contribution in [2.45, 2.75) is 31.8 Å². The lowest BCUT2D eigenvalue weighted by atomic mass is 10.0. The van der Waals surface area contributed by atoms with Crippen LogP contribution < -0.4 is 0 Å². The summed E-state index contributed by atoms with van der Waals surface area (Å²) < 4.78 is 29.2. The third kappa shape index (κ3) is 3.94. The zero-order chi connectivity index (χ0) is 20.4. The predicted octanol–water partition coefficient (Wildman–Crippen LogP) is 4.61. The largest absolute Gasteiger partial charge is 0.331 e. The monoisotopic (exact) mass is 394 g/mol. The smallest absolute Gasteiger partial charge is 0.269 e. The lowest BCUT2D eigenvalue weighted by Crippen LogP contribution is -2.28. The Bertz CT molecular complexity index is 1080. The maximum Gasteiger partial charge on any atom is 0.269 e. The number of aryl methyl sites for hydroxylation is 1. The van der Waals surface area contributed by atoms with Gasteiger partial charge in [-0.1, -0.05) is 18.7 Å². The van der Waals surface area contributed by atoms with Gasteiger partial charge in [-0.25, -0.2) is 18.8 Å². The number of hydrazone groups is 1. The number of carbonyl (C=O) groups is 1. The average molecular weight is 394 g/mol. The molecule has 0 aliphatic carbocycles. The fourth-order valence-electron chi connectivity index (χ4n) is 3.57. The first-order chi connectivity index (χ1) is 14.0. The molecule has 1 aromatic heterocycles. The molecule has 7 heteroatoms. The van der Waals surface area contributed by atoms with Gasteiger partial charge in [-0.05, 0) is 42.7 Å². The summed E-state index contributed by atoms with van der Waals surface area (Å²) in [6, 6.07) is 10.6. The summed E-state index contributed by atoms with van der Waals surface area (Å²) in [6.45, 7) is 4.61. The summed E-state index contributed by atoms with van der Waals surface area (Å²) in [7, 11) is 0. The normalized spacial score (nSPS) is 15.9. The van der Waals surface area contributed by atoms with Gasteiger partial charge in [0.1, 0.15) is 11.6 Å². The molecule has 0 N–H and O–H groups in total. The molecule has 0 fully saturated rings. The molecule has 4 rings (SSSR count). The molecule has 1 amide bonds. The van der Waals surface area contributed by atoms with E-state index < -0.39 is 17.7 Å². The number of amides is 1. The molecule has 0 saturated heterocycles. The highest BCUT2D eigenvalue weighted by molar-refractivity contribution is 5.94. The number of halogens is 2. The topological polar surface area (TPSA) is 50.5 Å². The lowest BCUT2D eigenvalue weighted by Gasteiger charge is -2.23. The number of para-hydroxylation sites is 2. The van der Waals surface area contributed by atoms with Crippen LogP contribution in [0.2, 0.25) is 0 Å². The Morgan fingerprint density at radius 3 is 2.72 bits per heavy atom. The van der Waals surface area contributed by atoms with Gasteiger partial charge in [-0.15, -0.1) is 0 Å². The molecule has 0 saturated carbocycles. The van der Waals surface area contributed by atoms with E-state index in [4.69, 9.17) is 0 Å². The van der Waals surface area contributed by atoms with Crippen LogP contribution in [-0.2, 0) is 11.3 Å².